The normalized spacial score (nSPS) is 16.9. The fourth-order valence-electron chi connectivity index (χ4n) is 3.83. The number of fused-ring (bicyclic) bond motifs is 2. The first kappa shape index (κ1) is 17.8. The average molecular weight is 410 g/mol. The fourth-order valence-corrected chi connectivity index (χ4v) is 4.79. The van der Waals surface area contributed by atoms with E-state index in [0.29, 0.717) is 23.0 Å². The maximum Gasteiger partial charge on any atom is 0.231 e. The Kier molecular flexibility index (Phi) is 4.28. The molecule has 0 radical (unpaired) electrons. The highest BCUT2D eigenvalue weighted by Crippen LogP contribution is 2.54. The predicted molar refractivity (Wildman–Crippen MR) is 108 cm³/mol. The van der Waals surface area contributed by atoms with E-state index in [1.165, 1.54) is 11.5 Å². The highest BCUT2D eigenvalue weighted by Gasteiger charge is 2.37. The first-order chi connectivity index (χ1) is 14.2. The third-order valence-electron chi connectivity index (χ3n) is 5.13. The van der Waals surface area contributed by atoms with Gasteiger partial charge in [-0.15, -0.1) is 0 Å². The molecule has 0 unspecified atom stereocenters. The van der Waals surface area contributed by atoms with Gasteiger partial charge in [0.1, 0.15) is 5.69 Å². The smallest absolute Gasteiger partial charge is 0.231 e. The van der Waals surface area contributed by atoms with Crippen LogP contribution >= 0.6 is 11.5 Å². The summed E-state index contributed by atoms with van der Waals surface area (Å²) in [5.41, 5.74) is 3.30. The van der Waals surface area contributed by atoms with Crippen molar-refractivity contribution in [1.82, 2.24) is 4.37 Å². The van der Waals surface area contributed by atoms with Gasteiger partial charge >= 0.3 is 0 Å². The molecule has 2 aromatic carbocycles. The fraction of sp³-hybridized carbons (Fsp3) is 0.238. The molecule has 1 amide bonds. The van der Waals surface area contributed by atoms with Crippen LogP contribution in [-0.2, 0) is 4.79 Å². The Labute approximate surface area is 171 Å². The Hall–Kier alpha value is -3.26. The molecule has 2 aliphatic heterocycles. The second kappa shape index (κ2) is 6.97. The van der Waals surface area contributed by atoms with Gasteiger partial charge in [0.25, 0.3) is 0 Å². The van der Waals surface area contributed by atoms with Gasteiger partial charge in [0.15, 0.2) is 11.5 Å². The van der Waals surface area contributed by atoms with E-state index in [2.05, 4.69) is 9.69 Å². The molecule has 7 nitrogen and oxygen atoms in total. The quantitative estimate of drug-likeness (QED) is 0.700. The van der Waals surface area contributed by atoms with Crippen molar-refractivity contribution in [2.24, 2.45) is 0 Å². The Morgan fingerprint density at radius 3 is 2.69 bits per heavy atom. The van der Waals surface area contributed by atoms with Gasteiger partial charge in [-0.2, -0.15) is 4.37 Å². The van der Waals surface area contributed by atoms with Gasteiger partial charge in [-0.05, 0) is 17.6 Å². The SMILES string of the molecule is COc1cc([C@H]2CC(=O)Nc3c(-c4ccccc4)nsc32)c(OC)c2c1OCO2. The number of nitrogens with zero attached hydrogens (tertiary/aromatic N) is 1. The Balaban J connectivity index is 1.68. The lowest BCUT2D eigenvalue weighted by Gasteiger charge is -2.25. The van der Waals surface area contributed by atoms with Gasteiger partial charge in [-0.1, -0.05) is 30.3 Å². The monoisotopic (exact) mass is 410 g/mol. The van der Waals surface area contributed by atoms with E-state index in [0.717, 1.165) is 27.4 Å². The lowest BCUT2D eigenvalue weighted by Crippen LogP contribution is -2.23. The molecule has 3 heterocycles. The molecule has 0 saturated heterocycles. The highest BCUT2D eigenvalue weighted by molar-refractivity contribution is 7.07. The van der Waals surface area contributed by atoms with E-state index in [4.69, 9.17) is 18.9 Å². The maximum absolute atomic E-state index is 12.6. The number of anilines is 1. The van der Waals surface area contributed by atoms with E-state index in [1.54, 1.807) is 14.2 Å². The molecule has 29 heavy (non-hydrogen) atoms. The molecule has 0 spiro atoms. The summed E-state index contributed by atoms with van der Waals surface area (Å²) < 4.78 is 27.0. The molecule has 1 aromatic heterocycles. The molecule has 148 valence electrons. The van der Waals surface area contributed by atoms with Crippen LogP contribution in [0.2, 0.25) is 0 Å². The van der Waals surface area contributed by atoms with E-state index < -0.39 is 0 Å². The molecule has 2 aliphatic rings. The van der Waals surface area contributed by atoms with Crippen LogP contribution in [0.3, 0.4) is 0 Å². The molecule has 1 atom stereocenters. The van der Waals surface area contributed by atoms with Crippen LogP contribution in [-0.4, -0.2) is 31.3 Å². The van der Waals surface area contributed by atoms with Gasteiger partial charge in [-0.25, -0.2) is 0 Å². The van der Waals surface area contributed by atoms with Gasteiger partial charge < -0.3 is 24.3 Å². The van der Waals surface area contributed by atoms with Gasteiger partial charge in [0, 0.05) is 23.5 Å². The Bertz CT molecular complexity index is 1100. The molecular formula is C21H18N2O5S. The number of hydrogen-bond acceptors (Lipinski definition) is 7. The zero-order valence-corrected chi connectivity index (χ0v) is 16.7. The molecular weight excluding hydrogens is 392 g/mol. The summed E-state index contributed by atoms with van der Waals surface area (Å²) in [5.74, 6) is 1.82. The number of ether oxygens (including phenoxy) is 4. The van der Waals surface area contributed by atoms with Crippen molar-refractivity contribution in [3.8, 4) is 34.3 Å². The third-order valence-corrected chi connectivity index (χ3v) is 6.09. The number of amides is 1. The topological polar surface area (TPSA) is 78.9 Å². The maximum atomic E-state index is 12.6. The van der Waals surface area contributed by atoms with Crippen LogP contribution < -0.4 is 24.3 Å². The standard InChI is InChI=1S/C21H18N2O5S/c1-25-14-8-12(18(26-2)20-19(14)27-10-28-20)13-9-15(24)22-17-16(23-29-21(13)17)11-6-4-3-5-7-11/h3-8,13H,9-10H2,1-2H3,(H,22,24)/t13-/m1/s1. The predicted octanol–water partition coefficient (Wildman–Crippen LogP) is 4.03. The van der Waals surface area contributed by atoms with Crippen molar-refractivity contribution in [3.63, 3.8) is 0 Å². The Morgan fingerprint density at radius 2 is 1.93 bits per heavy atom. The minimum absolute atomic E-state index is 0.0708. The number of benzene rings is 2. The molecule has 0 fully saturated rings. The van der Waals surface area contributed by atoms with E-state index in [9.17, 15) is 4.79 Å². The van der Waals surface area contributed by atoms with Crippen molar-refractivity contribution in [2.75, 3.05) is 26.3 Å². The van der Waals surface area contributed by atoms with Crippen molar-refractivity contribution in [1.29, 1.82) is 0 Å². The van der Waals surface area contributed by atoms with Crippen LogP contribution in [0.4, 0.5) is 5.69 Å². The van der Waals surface area contributed by atoms with Crippen LogP contribution in [0, 0.1) is 0 Å². The van der Waals surface area contributed by atoms with Crippen molar-refractivity contribution in [3.05, 3.63) is 46.8 Å². The number of carbonyl (C=O) groups excluding carboxylic acids is 1. The molecule has 3 aromatic rings. The van der Waals surface area contributed by atoms with Crippen LogP contribution in [0.15, 0.2) is 36.4 Å². The summed E-state index contributed by atoms with van der Waals surface area (Å²) in [6.07, 6.45) is 0.280. The number of nitrogens with one attached hydrogen (secondary N) is 1. The molecule has 0 bridgehead atoms. The van der Waals surface area contributed by atoms with Crippen LogP contribution in [0.1, 0.15) is 22.8 Å². The summed E-state index contributed by atoms with van der Waals surface area (Å²) in [6, 6.07) is 11.7. The first-order valence-electron chi connectivity index (χ1n) is 9.10. The summed E-state index contributed by atoms with van der Waals surface area (Å²) in [4.78, 5) is 13.6. The number of aromatic nitrogens is 1. The number of rotatable bonds is 4. The number of carbonyl (C=O) groups is 1. The molecule has 0 aliphatic carbocycles. The summed E-state index contributed by atoms with van der Waals surface area (Å²) in [5, 5.41) is 3.01. The lowest BCUT2D eigenvalue weighted by atomic mass is 9.88. The van der Waals surface area contributed by atoms with Crippen LogP contribution in [0.25, 0.3) is 11.3 Å². The molecule has 5 rings (SSSR count). The van der Waals surface area contributed by atoms with Crippen molar-refractivity contribution in [2.45, 2.75) is 12.3 Å². The zero-order valence-electron chi connectivity index (χ0n) is 15.9. The van der Waals surface area contributed by atoms with Gasteiger partial charge in [0.05, 0.1) is 24.8 Å². The zero-order chi connectivity index (χ0) is 20.0. The van der Waals surface area contributed by atoms with Gasteiger partial charge in [-0.3, -0.25) is 4.79 Å². The van der Waals surface area contributed by atoms with Crippen LogP contribution in [0.5, 0.6) is 23.0 Å². The van der Waals surface area contributed by atoms with E-state index in [1.807, 2.05) is 36.4 Å². The lowest BCUT2D eigenvalue weighted by molar-refractivity contribution is -0.116. The van der Waals surface area contributed by atoms with E-state index >= 15 is 0 Å². The average Bonchev–Trinajstić information content (AvgIpc) is 3.40. The third kappa shape index (κ3) is 2.79. The summed E-state index contributed by atoms with van der Waals surface area (Å²) in [6.45, 7) is 0.0978. The Morgan fingerprint density at radius 1 is 1.14 bits per heavy atom. The van der Waals surface area contributed by atoms with Gasteiger partial charge in [0.2, 0.25) is 24.2 Å². The highest BCUT2D eigenvalue weighted by atomic mass is 32.1. The molecule has 8 heteroatoms. The second-order valence-electron chi connectivity index (χ2n) is 6.71. The number of hydrogen-bond donors (Lipinski definition) is 1. The minimum Gasteiger partial charge on any atom is -0.493 e. The number of methoxy groups -OCH3 is 2. The van der Waals surface area contributed by atoms with Crippen molar-refractivity contribution < 1.29 is 23.7 Å². The largest absolute Gasteiger partial charge is 0.493 e. The van der Waals surface area contributed by atoms with Crippen molar-refractivity contribution >= 4 is 23.1 Å². The van der Waals surface area contributed by atoms with E-state index in [-0.39, 0.29) is 25.0 Å². The molecule has 1 N–H and O–H groups in total. The minimum atomic E-state index is -0.230. The summed E-state index contributed by atoms with van der Waals surface area (Å²) >= 11 is 1.38. The second-order valence-corrected chi connectivity index (χ2v) is 7.51. The first-order valence-corrected chi connectivity index (χ1v) is 9.88. The summed E-state index contributed by atoms with van der Waals surface area (Å²) in [7, 11) is 3.16. The molecule has 0 saturated carbocycles.